The van der Waals surface area contributed by atoms with Gasteiger partial charge < -0.3 is 0 Å². The molecule has 0 heterocycles. The van der Waals surface area contributed by atoms with E-state index in [1.54, 1.807) is 27.9 Å². The van der Waals surface area contributed by atoms with Crippen LogP contribution in [-0.2, 0) is 0 Å². The highest BCUT2D eigenvalue weighted by atomic mass is 14.4. The molecule has 4 aromatic rings. The van der Waals surface area contributed by atoms with Crippen LogP contribution in [0.25, 0.3) is 33.1 Å². The third-order valence-corrected chi connectivity index (χ3v) is 17.5. The first-order chi connectivity index (χ1) is 33.6. The van der Waals surface area contributed by atoms with Crippen LogP contribution < -0.4 is 0 Å². The lowest BCUT2D eigenvalue weighted by molar-refractivity contribution is 0.453. The van der Waals surface area contributed by atoms with E-state index in [4.69, 9.17) is 0 Å². The van der Waals surface area contributed by atoms with Crippen molar-refractivity contribution < 1.29 is 0 Å². The molecule has 4 aromatic carbocycles. The van der Waals surface area contributed by atoms with E-state index in [0.29, 0.717) is 11.8 Å². The van der Waals surface area contributed by atoms with Crippen LogP contribution in [0.5, 0.6) is 0 Å². The lowest BCUT2D eigenvalue weighted by Crippen LogP contribution is -2.26. The topological polar surface area (TPSA) is 0 Å². The summed E-state index contributed by atoms with van der Waals surface area (Å²) in [7, 11) is 0. The van der Waals surface area contributed by atoms with Gasteiger partial charge in [-0.1, -0.05) is 194 Å². The second kappa shape index (κ2) is 16.7. The lowest BCUT2D eigenvalue weighted by Gasteiger charge is -2.39. The Hall–Kier alpha value is -6.24. The van der Waals surface area contributed by atoms with Gasteiger partial charge in [0.15, 0.2) is 0 Å². The number of fused-ring (bicyclic) bond motifs is 5. The van der Waals surface area contributed by atoms with Crippen molar-refractivity contribution in [2.75, 3.05) is 0 Å². The molecule has 8 aliphatic carbocycles. The van der Waals surface area contributed by atoms with Gasteiger partial charge in [0.1, 0.15) is 0 Å². The van der Waals surface area contributed by atoms with Gasteiger partial charge in [-0.15, -0.1) is 0 Å². The minimum atomic E-state index is 0.189. The molecule has 0 heteroatoms. The van der Waals surface area contributed by atoms with Crippen LogP contribution >= 0.6 is 0 Å². The van der Waals surface area contributed by atoms with Gasteiger partial charge in [-0.2, -0.15) is 0 Å². The van der Waals surface area contributed by atoms with Crippen molar-refractivity contribution in [3.05, 3.63) is 246 Å². The monoisotopic (exact) mass is 911 g/mol. The van der Waals surface area contributed by atoms with Gasteiger partial charge in [0.05, 0.1) is 0 Å². The highest BCUT2D eigenvalue weighted by Gasteiger charge is 2.39. The Morgan fingerprint density at radius 3 is 1.76 bits per heavy atom. The van der Waals surface area contributed by atoms with Crippen molar-refractivity contribution in [2.24, 2.45) is 34.5 Å². The SMILES string of the molecule is CC1=C(C2=CC3=C(C=C4C=C(c5ccccc5)c5c(cc6c7c(cccc57)C5=C6CCC(C6=C(C)C=C(C(C)(C)C)CC6C)=C5)C(c5ccccc5)=CC5=CC=CC3C54)CC2)C(C)CC(C(C)(C)C)=C1. The highest BCUT2D eigenvalue weighted by molar-refractivity contribution is 6.20. The third-order valence-electron chi connectivity index (χ3n) is 17.5. The van der Waals surface area contributed by atoms with Gasteiger partial charge in [0.25, 0.3) is 0 Å². The molecular formula is C70H70. The predicted octanol–water partition coefficient (Wildman–Crippen LogP) is 19.0. The van der Waals surface area contributed by atoms with E-state index in [9.17, 15) is 0 Å². The van der Waals surface area contributed by atoms with E-state index in [2.05, 4.69) is 215 Å². The molecular weight excluding hydrogens is 841 g/mol. The first-order valence-electron chi connectivity index (χ1n) is 26.6. The van der Waals surface area contributed by atoms with Gasteiger partial charge in [-0.05, 0) is 215 Å². The maximum absolute atomic E-state index is 2.65. The van der Waals surface area contributed by atoms with E-state index in [1.165, 1.54) is 105 Å². The molecule has 8 aliphatic rings. The van der Waals surface area contributed by atoms with Crippen molar-refractivity contribution in [3.63, 3.8) is 0 Å². The molecule has 350 valence electrons. The molecule has 0 amide bonds. The second-order valence-electron chi connectivity index (χ2n) is 24.1. The Morgan fingerprint density at radius 1 is 0.529 bits per heavy atom. The van der Waals surface area contributed by atoms with Crippen molar-refractivity contribution in [1.29, 1.82) is 0 Å². The first kappa shape index (κ1) is 44.9. The summed E-state index contributed by atoms with van der Waals surface area (Å²) in [5.74, 6) is 1.47. The standard InChI is InChI=1S/C70H70/c1-41-31-52(69(5,6)7)32-42(2)64(41)49-28-27-47-35-51-39-60(46-21-15-12-16-22-46)68-57-26-18-25-56-61-38-50(65-43(3)33-53(34-44(65)4)70(8,9)10)29-30-54(61)62(67(56)57)40-63(68)58(45-19-13-11-14-20-45)36-48-23-17-24-55(66(48)51)59(47)37-49/h11-26,31,33,35-40,42,44,55,66H,27-30,32,34H2,1-10H3. The van der Waals surface area contributed by atoms with Gasteiger partial charge in [0, 0.05) is 11.8 Å². The molecule has 0 aromatic heterocycles. The molecule has 4 atom stereocenters. The summed E-state index contributed by atoms with van der Waals surface area (Å²) in [6.45, 7) is 23.9. The Morgan fingerprint density at radius 2 is 1.13 bits per heavy atom. The number of hydrogen-bond donors (Lipinski definition) is 0. The fourth-order valence-corrected chi connectivity index (χ4v) is 14.1. The van der Waals surface area contributed by atoms with Crippen molar-refractivity contribution in [1.82, 2.24) is 0 Å². The normalized spacial score (nSPS) is 24.2. The quantitative estimate of drug-likeness (QED) is 0.191. The Bertz CT molecular complexity index is 3380. The second-order valence-corrected chi connectivity index (χ2v) is 24.1. The summed E-state index contributed by atoms with van der Waals surface area (Å²) >= 11 is 0. The van der Waals surface area contributed by atoms with E-state index in [0.717, 1.165) is 38.5 Å². The van der Waals surface area contributed by atoms with Crippen LogP contribution in [0.2, 0.25) is 0 Å². The van der Waals surface area contributed by atoms with Gasteiger partial charge in [-0.3, -0.25) is 0 Å². The van der Waals surface area contributed by atoms with Crippen molar-refractivity contribution in [3.8, 4) is 0 Å². The average Bonchev–Trinajstić information content (AvgIpc) is 3.67. The highest BCUT2D eigenvalue weighted by Crippen LogP contribution is 2.56. The molecule has 70 heavy (non-hydrogen) atoms. The molecule has 0 N–H and O–H groups in total. The van der Waals surface area contributed by atoms with E-state index >= 15 is 0 Å². The molecule has 0 saturated heterocycles. The Labute approximate surface area is 419 Å². The Balaban J connectivity index is 1.08. The van der Waals surface area contributed by atoms with Gasteiger partial charge >= 0.3 is 0 Å². The fourth-order valence-electron chi connectivity index (χ4n) is 14.1. The first-order valence-corrected chi connectivity index (χ1v) is 26.6. The minimum absolute atomic E-state index is 0.189. The number of hydrogen-bond acceptors (Lipinski definition) is 0. The minimum Gasteiger partial charge on any atom is -0.0760 e. The molecule has 0 bridgehead atoms. The lowest BCUT2D eigenvalue weighted by atomic mass is 9.65. The zero-order valence-corrected chi connectivity index (χ0v) is 43.4. The number of allylic oxidation sites excluding steroid dienone is 24. The summed E-state index contributed by atoms with van der Waals surface area (Å²) in [5.41, 5.74) is 32.1. The van der Waals surface area contributed by atoms with E-state index in [-0.39, 0.29) is 22.7 Å². The molecule has 0 nitrogen and oxygen atoms in total. The van der Waals surface area contributed by atoms with Crippen LogP contribution in [-0.4, -0.2) is 0 Å². The summed E-state index contributed by atoms with van der Waals surface area (Å²) < 4.78 is 0. The summed E-state index contributed by atoms with van der Waals surface area (Å²) in [5, 5.41) is 2.78. The van der Waals surface area contributed by atoms with E-state index < -0.39 is 0 Å². The van der Waals surface area contributed by atoms with Crippen molar-refractivity contribution in [2.45, 2.75) is 108 Å². The molecule has 4 unspecified atom stereocenters. The van der Waals surface area contributed by atoms with Crippen LogP contribution in [0, 0.1) is 34.5 Å². The third kappa shape index (κ3) is 7.38. The van der Waals surface area contributed by atoms with Gasteiger partial charge in [-0.25, -0.2) is 0 Å². The average molecular weight is 911 g/mol. The van der Waals surface area contributed by atoms with Crippen LogP contribution in [0.4, 0.5) is 0 Å². The molecule has 12 rings (SSSR count). The van der Waals surface area contributed by atoms with Gasteiger partial charge in [0.2, 0.25) is 0 Å². The number of rotatable bonds is 4. The Kier molecular flexibility index (Phi) is 10.7. The molecule has 0 fully saturated rings. The van der Waals surface area contributed by atoms with Crippen molar-refractivity contribution >= 4 is 33.1 Å². The zero-order chi connectivity index (χ0) is 48.4. The summed E-state index contributed by atoms with van der Waals surface area (Å²) in [6.07, 6.45) is 32.1. The van der Waals surface area contributed by atoms with Crippen LogP contribution in [0.3, 0.4) is 0 Å². The summed E-state index contributed by atoms with van der Waals surface area (Å²) in [6, 6.07) is 32.5. The number of benzene rings is 4. The summed E-state index contributed by atoms with van der Waals surface area (Å²) in [4.78, 5) is 0. The van der Waals surface area contributed by atoms with Crippen LogP contribution in [0.1, 0.15) is 141 Å². The maximum Gasteiger partial charge on any atom is 0.0193 e. The maximum atomic E-state index is 2.65. The molecule has 0 radical (unpaired) electrons. The molecule has 0 spiro atoms. The van der Waals surface area contributed by atoms with Crippen LogP contribution in [0.15, 0.2) is 213 Å². The van der Waals surface area contributed by atoms with E-state index in [1.807, 2.05) is 0 Å². The zero-order valence-electron chi connectivity index (χ0n) is 43.4. The predicted molar refractivity (Wildman–Crippen MR) is 300 cm³/mol. The molecule has 0 aliphatic heterocycles. The largest absolute Gasteiger partial charge is 0.0760 e. The smallest absolute Gasteiger partial charge is 0.0193 e. The molecule has 0 saturated carbocycles. The fraction of sp³-hybridized carbons (Fsp3) is 0.314.